The summed E-state index contributed by atoms with van der Waals surface area (Å²) in [6.07, 6.45) is 3.70. The zero-order valence-corrected chi connectivity index (χ0v) is 13.5. The van der Waals surface area contributed by atoms with Crippen LogP contribution in [0, 0.1) is 0 Å². The molecule has 7 nitrogen and oxygen atoms in total. The van der Waals surface area contributed by atoms with Crippen LogP contribution in [0.5, 0.6) is 0 Å². The van der Waals surface area contributed by atoms with E-state index in [1.165, 1.54) is 0 Å². The first-order chi connectivity index (χ1) is 11.8. The van der Waals surface area contributed by atoms with Crippen molar-refractivity contribution in [2.24, 2.45) is 0 Å². The fourth-order valence-electron chi connectivity index (χ4n) is 2.38. The zero-order valence-electron chi connectivity index (χ0n) is 12.7. The van der Waals surface area contributed by atoms with Crippen molar-refractivity contribution in [3.05, 3.63) is 59.3 Å². The SMILES string of the molecule is O=C(Cn1cccc1)NCc1nnc2ccc(-c3ccsc3)nn12. The van der Waals surface area contributed by atoms with Gasteiger partial charge in [-0.1, -0.05) is 0 Å². The molecule has 0 bridgehead atoms. The Hall–Kier alpha value is -3.00. The lowest BCUT2D eigenvalue weighted by molar-refractivity contribution is -0.121. The zero-order chi connectivity index (χ0) is 16.4. The van der Waals surface area contributed by atoms with E-state index < -0.39 is 0 Å². The molecule has 0 aliphatic carbocycles. The van der Waals surface area contributed by atoms with Crippen LogP contribution in [0.2, 0.25) is 0 Å². The van der Waals surface area contributed by atoms with Crippen molar-refractivity contribution < 1.29 is 4.79 Å². The van der Waals surface area contributed by atoms with Crippen LogP contribution in [-0.4, -0.2) is 30.3 Å². The van der Waals surface area contributed by atoms with E-state index in [1.54, 1.807) is 15.9 Å². The summed E-state index contributed by atoms with van der Waals surface area (Å²) in [5, 5.41) is 19.7. The number of carbonyl (C=O) groups is 1. The smallest absolute Gasteiger partial charge is 0.240 e. The van der Waals surface area contributed by atoms with Crippen molar-refractivity contribution in [2.45, 2.75) is 13.1 Å². The first kappa shape index (κ1) is 14.6. The third-order valence-electron chi connectivity index (χ3n) is 3.58. The average Bonchev–Trinajstić information content (AvgIpc) is 3.34. The van der Waals surface area contributed by atoms with E-state index in [2.05, 4.69) is 20.6 Å². The van der Waals surface area contributed by atoms with Crippen LogP contribution in [-0.2, 0) is 17.9 Å². The Kier molecular flexibility index (Phi) is 3.80. The summed E-state index contributed by atoms with van der Waals surface area (Å²) in [6, 6.07) is 9.57. The topological polar surface area (TPSA) is 77.1 Å². The molecule has 120 valence electrons. The minimum Gasteiger partial charge on any atom is -0.347 e. The van der Waals surface area contributed by atoms with E-state index in [-0.39, 0.29) is 19.0 Å². The first-order valence-electron chi connectivity index (χ1n) is 7.41. The summed E-state index contributed by atoms with van der Waals surface area (Å²) >= 11 is 1.62. The molecule has 0 fully saturated rings. The van der Waals surface area contributed by atoms with Gasteiger partial charge >= 0.3 is 0 Å². The lowest BCUT2D eigenvalue weighted by atomic mass is 10.2. The van der Waals surface area contributed by atoms with E-state index in [0.717, 1.165) is 11.3 Å². The summed E-state index contributed by atoms with van der Waals surface area (Å²) in [7, 11) is 0. The van der Waals surface area contributed by atoms with Gasteiger partial charge in [-0.3, -0.25) is 4.79 Å². The van der Waals surface area contributed by atoms with Crippen molar-refractivity contribution in [1.29, 1.82) is 0 Å². The van der Waals surface area contributed by atoms with E-state index in [4.69, 9.17) is 0 Å². The molecular formula is C16H14N6OS. The Balaban J connectivity index is 1.51. The highest BCUT2D eigenvalue weighted by atomic mass is 32.1. The number of hydrogen-bond acceptors (Lipinski definition) is 5. The van der Waals surface area contributed by atoms with Crippen LogP contribution in [0.3, 0.4) is 0 Å². The highest BCUT2D eigenvalue weighted by Gasteiger charge is 2.10. The van der Waals surface area contributed by atoms with Crippen molar-refractivity contribution in [1.82, 2.24) is 29.7 Å². The molecule has 1 amide bonds. The maximum atomic E-state index is 12.0. The second kappa shape index (κ2) is 6.25. The molecule has 24 heavy (non-hydrogen) atoms. The molecule has 0 unspecified atom stereocenters. The molecule has 0 saturated heterocycles. The predicted molar refractivity (Wildman–Crippen MR) is 90.4 cm³/mol. The van der Waals surface area contributed by atoms with E-state index in [1.807, 2.05) is 58.1 Å². The molecular weight excluding hydrogens is 324 g/mol. The molecule has 0 aliphatic heterocycles. The summed E-state index contributed by atoms with van der Waals surface area (Å²) in [6.45, 7) is 0.554. The van der Waals surface area contributed by atoms with Crippen LogP contribution >= 0.6 is 11.3 Å². The summed E-state index contributed by atoms with van der Waals surface area (Å²) < 4.78 is 3.48. The molecule has 4 rings (SSSR count). The quantitative estimate of drug-likeness (QED) is 0.603. The summed E-state index contributed by atoms with van der Waals surface area (Å²) in [4.78, 5) is 12.0. The van der Waals surface area contributed by atoms with Gasteiger partial charge in [0.15, 0.2) is 11.5 Å². The number of nitrogens with zero attached hydrogens (tertiary/aromatic N) is 5. The van der Waals surface area contributed by atoms with Crippen molar-refractivity contribution >= 4 is 22.9 Å². The van der Waals surface area contributed by atoms with Gasteiger partial charge in [-0.25, -0.2) is 0 Å². The molecule has 4 aromatic rings. The lowest BCUT2D eigenvalue weighted by Gasteiger charge is -2.05. The second-order valence-electron chi connectivity index (χ2n) is 5.25. The van der Waals surface area contributed by atoms with Crippen LogP contribution in [0.15, 0.2) is 53.5 Å². The average molecular weight is 338 g/mol. The second-order valence-corrected chi connectivity index (χ2v) is 6.03. The van der Waals surface area contributed by atoms with Gasteiger partial charge in [0.25, 0.3) is 0 Å². The normalized spacial score (nSPS) is 11.0. The van der Waals surface area contributed by atoms with Gasteiger partial charge in [0.1, 0.15) is 6.54 Å². The number of amides is 1. The van der Waals surface area contributed by atoms with Gasteiger partial charge in [0.2, 0.25) is 5.91 Å². The fraction of sp³-hybridized carbons (Fsp3) is 0.125. The van der Waals surface area contributed by atoms with Gasteiger partial charge in [0.05, 0.1) is 12.2 Å². The minimum atomic E-state index is -0.0862. The maximum Gasteiger partial charge on any atom is 0.240 e. The number of carbonyl (C=O) groups excluding carboxylic acids is 1. The molecule has 4 heterocycles. The Morgan fingerprint density at radius 1 is 1.17 bits per heavy atom. The molecule has 0 atom stereocenters. The van der Waals surface area contributed by atoms with Gasteiger partial charge in [0, 0.05) is 23.3 Å². The molecule has 4 aromatic heterocycles. The van der Waals surface area contributed by atoms with Crippen molar-refractivity contribution in [2.75, 3.05) is 0 Å². The Labute approximate surface area is 141 Å². The summed E-state index contributed by atoms with van der Waals surface area (Å²) in [5.41, 5.74) is 2.56. The largest absolute Gasteiger partial charge is 0.347 e. The van der Waals surface area contributed by atoms with Crippen molar-refractivity contribution in [3.8, 4) is 11.3 Å². The van der Waals surface area contributed by atoms with Crippen LogP contribution < -0.4 is 5.32 Å². The van der Waals surface area contributed by atoms with Gasteiger partial charge < -0.3 is 9.88 Å². The third-order valence-corrected chi connectivity index (χ3v) is 4.26. The Morgan fingerprint density at radius 3 is 2.83 bits per heavy atom. The molecule has 0 aliphatic rings. The Bertz CT molecular complexity index is 958. The molecule has 0 aromatic carbocycles. The van der Waals surface area contributed by atoms with Crippen molar-refractivity contribution in [3.63, 3.8) is 0 Å². The number of fused-ring (bicyclic) bond motifs is 1. The number of thiophene rings is 1. The van der Waals surface area contributed by atoms with E-state index >= 15 is 0 Å². The van der Waals surface area contributed by atoms with Crippen LogP contribution in [0.25, 0.3) is 16.9 Å². The minimum absolute atomic E-state index is 0.0862. The van der Waals surface area contributed by atoms with Gasteiger partial charge in [-0.2, -0.15) is 21.0 Å². The summed E-state index contributed by atoms with van der Waals surface area (Å²) in [5.74, 6) is 0.514. The Morgan fingerprint density at radius 2 is 2.04 bits per heavy atom. The standard InChI is InChI=1S/C16H14N6OS/c23-16(10-21-6-1-2-7-21)17-9-15-19-18-14-4-3-13(20-22(14)15)12-5-8-24-11-12/h1-8,11H,9-10H2,(H,17,23). The van der Waals surface area contributed by atoms with Gasteiger partial charge in [-0.15, -0.1) is 10.2 Å². The number of nitrogens with one attached hydrogen (secondary N) is 1. The number of rotatable bonds is 5. The first-order valence-corrected chi connectivity index (χ1v) is 8.35. The van der Waals surface area contributed by atoms with E-state index in [9.17, 15) is 4.79 Å². The molecule has 0 spiro atoms. The lowest BCUT2D eigenvalue weighted by Crippen LogP contribution is -2.27. The molecule has 0 radical (unpaired) electrons. The fourth-order valence-corrected chi connectivity index (χ4v) is 3.03. The molecule has 8 heteroatoms. The monoisotopic (exact) mass is 338 g/mol. The predicted octanol–water partition coefficient (Wildman–Crippen LogP) is 1.97. The van der Waals surface area contributed by atoms with Gasteiger partial charge in [-0.05, 0) is 35.7 Å². The third kappa shape index (κ3) is 2.91. The maximum absolute atomic E-state index is 12.0. The van der Waals surface area contributed by atoms with E-state index in [0.29, 0.717) is 11.5 Å². The van der Waals surface area contributed by atoms with Crippen LogP contribution in [0.1, 0.15) is 5.82 Å². The van der Waals surface area contributed by atoms with Crippen LogP contribution in [0.4, 0.5) is 0 Å². The molecule has 0 saturated carbocycles. The highest BCUT2D eigenvalue weighted by molar-refractivity contribution is 7.08. The number of aromatic nitrogens is 5. The number of hydrogen-bond donors (Lipinski definition) is 1. The molecule has 1 N–H and O–H groups in total. The highest BCUT2D eigenvalue weighted by Crippen LogP contribution is 2.20.